The molecule has 0 aliphatic carbocycles. The molecule has 1 aromatic heterocycles. The van der Waals surface area contributed by atoms with Crippen LogP contribution in [0.1, 0.15) is 18.2 Å². The summed E-state index contributed by atoms with van der Waals surface area (Å²) >= 11 is 0. The van der Waals surface area contributed by atoms with E-state index in [1.54, 1.807) is 18.2 Å². The lowest BCUT2D eigenvalue weighted by Crippen LogP contribution is -1.94. The van der Waals surface area contributed by atoms with Crippen LogP contribution in [-0.4, -0.2) is 9.49 Å². The zero-order valence-electron chi connectivity index (χ0n) is 11.0. The van der Waals surface area contributed by atoms with E-state index in [4.69, 9.17) is 0 Å². The molecule has 0 radical (unpaired) electrons. The van der Waals surface area contributed by atoms with E-state index in [0.717, 1.165) is 12.2 Å². The lowest BCUT2D eigenvalue weighted by molar-refractivity contribution is -0.384. The van der Waals surface area contributed by atoms with Crippen molar-refractivity contribution in [2.45, 2.75) is 13.5 Å². The maximum Gasteiger partial charge on any atom is 0.269 e. The number of aryl methyl sites for hydroxylation is 1. The predicted molar refractivity (Wildman–Crippen MR) is 76.7 cm³/mol. The summed E-state index contributed by atoms with van der Waals surface area (Å²) in [6.45, 7) is 2.84. The molecule has 0 bridgehead atoms. The molecule has 5 heteroatoms. The number of aromatic nitrogens is 1. The highest BCUT2D eigenvalue weighted by molar-refractivity contribution is 5.89. The van der Waals surface area contributed by atoms with E-state index in [-0.39, 0.29) is 5.69 Å². The standard InChI is InChI=1S/C15H13N3O2/c1-2-17-9-3-4-15(17)10-13(11-16)12-5-7-14(8-6-12)18(19)20/h3-10H,2H2,1H3/b13-10-. The number of nitro groups is 1. The molecule has 0 aliphatic rings. The van der Waals surface area contributed by atoms with Crippen LogP contribution in [0.15, 0.2) is 42.6 Å². The summed E-state index contributed by atoms with van der Waals surface area (Å²) in [4.78, 5) is 10.2. The Morgan fingerprint density at radius 3 is 2.65 bits per heavy atom. The summed E-state index contributed by atoms with van der Waals surface area (Å²) in [5, 5.41) is 19.9. The smallest absolute Gasteiger partial charge is 0.269 e. The number of nitro benzene ring substituents is 1. The molecule has 0 amide bonds. The third-order valence-electron chi connectivity index (χ3n) is 3.01. The largest absolute Gasteiger partial charge is 0.348 e. The van der Waals surface area contributed by atoms with Crippen LogP contribution in [0.2, 0.25) is 0 Å². The summed E-state index contributed by atoms with van der Waals surface area (Å²) in [6, 6.07) is 12.0. The molecular weight excluding hydrogens is 254 g/mol. The van der Waals surface area contributed by atoms with Gasteiger partial charge < -0.3 is 4.57 Å². The zero-order chi connectivity index (χ0) is 14.5. The molecule has 100 valence electrons. The van der Waals surface area contributed by atoms with Gasteiger partial charge in [0.2, 0.25) is 0 Å². The van der Waals surface area contributed by atoms with Gasteiger partial charge in [0, 0.05) is 30.6 Å². The second kappa shape index (κ2) is 5.85. The van der Waals surface area contributed by atoms with Crippen LogP contribution >= 0.6 is 0 Å². The molecule has 0 aliphatic heterocycles. The molecule has 0 spiro atoms. The van der Waals surface area contributed by atoms with Crippen molar-refractivity contribution in [1.29, 1.82) is 5.26 Å². The van der Waals surface area contributed by atoms with Crippen LogP contribution in [0.4, 0.5) is 5.69 Å². The lowest BCUT2D eigenvalue weighted by Gasteiger charge is -2.03. The van der Waals surface area contributed by atoms with Crippen molar-refractivity contribution in [3.05, 3.63) is 64.0 Å². The average Bonchev–Trinajstić information content (AvgIpc) is 2.92. The lowest BCUT2D eigenvalue weighted by atomic mass is 10.1. The van der Waals surface area contributed by atoms with Gasteiger partial charge in [-0.3, -0.25) is 10.1 Å². The van der Waals surface area contributed by atoms with E-state index < -0.39 is 4.92 Å². The number of nitrogens with zero attached hydrogens (tertiary/aromatic N) is 3. The minimum atomic E-state index is -0.457. The number of benzene rings is 1. The molecule has 0 saturated carbocycles. The van der Waals surface area contributed by atoms with Gasteiger partial charge >= 0.3 is 0 Å². The van der Waals surface area contributed by atoms with E-state index in [1.165, 1.54) is 12.1 Å². The highest BCUT2D eigenvalue weighted by Crippen LogP contribution is 2.21. The molecule has 1 heterocycles. The van der Waals surface area contributed by atoms with Gasteiger partial charge in [-0.15, -0.1) is 0 Å². The molecule has 0 saturated heterocycles. The average molecular weight is 267 g/mol. The molecule has 2 rings (SSSR count). The Bertz CT molecular complexity index is 691. The maximum atomic E-state index is 10.6. The van der Waals surface area contributed by atoms with Gasteiger partial charge in [0.15, 0.2) is 0 Å². The predicted octanol–water partition coefficient (Wildman–Crippen LogP) is 3.48. The molecule has 20 heavy (non-hydrogen) atoms. The Labute approximate surface area is 116 Å². The minimum absolute atomic E-state index is 0.0166. The minimum Gasteiger partial charge on any atom is -0.348 e. The third kappa shape index (κ3) is 2.75. The van der Waals surface area contributed by atoms with E-state index in [2.05, 4.69) is 6.07 Å². The van der Waals surface area contributed by atoms with E-state index in [1.807, 2.05) is 29.8 Å². The Morgan fingerprint density at radius 2 is 2.10 bits per heavy atom. The monoisotopic (exact) mass is 267 g/mol. The molecule has 0 unspecified atom stereocenters. The highest BCUT2D eigenvalue weighted by atomic mass is 16.6. The molecule has 2 aromatic rings. The van der Waals surface area contributed by atoms with Crippen LogP contribution in [0, 0.1) is 21.4 Å². The number of hydrogen-bond donors (Lipinski definition) is 0. The van der Waals surface area contributed by atoms with Crippen molar-refractivity contribution in [3.63, 3.8) is 0 Å². The normalized spacial score (nSPS) is 11.1. The molecule has 1 aromatic carbocycles. The van der Waals surface area contributed by atoms with Crippen molar-refractivity contribution in [3.8, 4) is 6.07 Å². The van der Waals surface area contributed by atoms with Crippen molar-refractivity contribution < 1.29 is 4.92 Å². The van der Waals surface area contributed by atoms with Gasteiger partial charge in [0.25, 0.3) is 5.69 Å². The fourth-order valence-corrected chi connectivity index (χ4v) is 1.94. The van der Waals surface area contributed by atoms with E-state index in [9.17, 15) is 15.4 Å². The third-order valence-corrected chi connectivity index (χ3v) is 3.01. The van der Waals surface area contributed by atoms with Gasteiger partial charge in [-0.1, -0.05) is 0 Å². The van der Waals surface area contributed by atoms with Gasteiger partial charge in [-0.05, 0) is 42.8 Å². The number of hydrogen-bond acceptors (Lipinski definition) is 3. The summed E-state index contributed by atoms with van der Waals surface area (Å²) in [7, 11) is 0. The molecule has 0 N–H and O–H groups in total. The van der Waals surface area contributed by atoms with E-state index in [0.29, 0.717) is 11.1 Å². The quantitative estimate of drug-likeness (QED) is 0.483. The summed E-state index contributed by atoms with van der Waals surface area (Å²) < 4.78 is 2.02. The first-order valence-corrected chi connectivity index (χ1v) is 6.17. The summed E-state index contributed by atoms with van der Waals surface area (Å²) in [6.07, 6.45) is 3.72. The summed E-state index contributed by atoms with van der Waals surface area (Å²) in [5.74, 6) is 0. The van der Waals surface area contributed by atoms with Crippen LogP contribution in [0.3, 0.4) is 0 Å². The summed E-state index contributed by atoms with van der Waals surface area (Å²) in [5.41, 5.74) is 2.10. The number of nitriles is 1. The van der Waals surface area contributed by atoms with Crippen LogP contribution in [0.25, 0.3) is 11.6 Å². The van der Waals surface area contributed by atoms with Gasteiger partial charge in [-0.2, -0.15) is 5.26 Å². The first-order valence-electron chi connectivity index (χ1n) is 6.17. The van der Waals surface area contributed by atoms with E-state index >= 15 is 0 Å². The van der Waals surface area contributed by atoms with Crippen molar-refractivity contribution in [1.82, 2.24) is 4.57 Å². The number of non-ortho nitro benzene ring substituents is 1. The topological polar surface area (TPSA) is 71.9 Å². The fourth-order valence-electron chi connectivity index (χ4n) is 1.94. The number of allylic oxidation sites excluding steroid dienone is 1. The first kappa shape index (κ1) is 13.6. The molecular formula is C15H13N3O2. The Kier molecular flexibility index (Phi) is 3.96. The van der Waals surface area contributed by atoms with Crippen molar-refractivity contribution in [2.75, 3.05) is 0 Å². The Morgan fingerprint density at radius 1 is 1.40 bits per heavy atom. The van der Waals surface area contributed by atoms with Crippen LogP contribution in [0.5, 0.6) is 0 Å². The second-order valence-corrected chi connectivity index (χ2v) is 4.19. The Balaban J connectivity index is 2.38. The first-order chi connectivity index (χ1) is 9.65. The van der Waals surface area contributed by atoms with Gasteiger partial charge in [0.05, 0.1) is 16.6 Å². The maximum absolute atomic E-state index is 10.6. The van der Waals surface area contributed by atoms with Crippen molar-refractivity contribution >= 4 is 17.3 Å². The molecule has 5 nitrogen and oxygen atoms in total. The second-order valence-electron chi connectivity index (χ2n) is 4.19. The zero-order valence-corrected chi connectivity index (χ0v) is 11.0. The Hall–Kier alpha value is -2.87. The SMILES string of the molecule is CCn1cccc1/C=C(/C#N)c1ccc([N+](=O)[O-])cc1. The van der Waals surface area contributed by atoms with Gasteiger partial charge in [-0.25, -0.2) is 0 Å². The molecule has 0 atom stereocenters. The van der Waals surface area contributed by atoms with Crippen molar-refractivity contribution in [2.24, 2.45) is 0 Å². The number of rotatable bonds is 4. The molecule has 0 fully saturated rings. The highest BCUT2D eigenvalue weighted by Gasteiger charge is 2.07. The van der Waals surface area contributed by atoms with Gasteiger partial charge in [0.1, 0.15) is 0 Å². The van der Waals surface area contributed by atoms with Crippen LogP contribution < -0.4 is 0 Å². The van der Waals surface area contributed by atoms with Crippen LogP contribution in [-0.2, 0) is 6.54 Å². The fraction of sp³-hybridized carbons (Fsp3) is 0.133.